The van der Waals surface area contributed by atoms with Crippen LogP contribution in [0.4, 0.5) is 8.63 Å². The molecule has 0 saturated heterocycles. The molecule has 2 aliphatic heterocycles. The van der Waals surface area contributed by atoms with Gasteiger partial charge in [0.1, 0.15) is 22.3 Å². The summed E-state index contributed by atoms with van der Waals surface area (Å²) in [6.07, 6.45) is 1.59. The zero-order chi connectivity index (χ0) is 28.2. The van der Waals surface area contributed by atoms with Gasteiger partial charge in [0.15, 0.2) is 11.4 Å². The first-order valence-corrected chi connectivity index (χ1v) is 13.2. The predicted octanol–water partition coefficient (Wildman–Crippen LogP) is 7.47. The number of benzene rings is 3. The zero-order valence-electron chi connectivity index (χ0n) is 21.8. The topological polar surface area (TPSA) is 35.6 Å². The van der Waals surface area contributed by atoms with Gasteiger partial charge in [-0.15, -0.1) is 0 Å². The molecule has 0 saturated carbocycles. The Balaban J connectivity index is 1.68. The largest absolute Gasteiger partial charge is 0.738 e. The molecule has 0 radical (unpaired) electrons. The van der Waals surface area contributed by atoms with Crippen molar-refractivity contribution < 1.29 is 27.3 Å². The predicted molar refractivity (Wildman–Crippen MR) is 155 cm³/mol. The van der Waals surface area contributed by atoms with Crippen LogP contribution in [0.25, 0.3) is 16.8 Å². The van der Waals surface area contributed by atoms with Gasteiger partial charge in [0, 0.05) is 23.0 Å². The van der Waals surface area contributed by atoms with Crippen molar-refractivity contribution in [2.24, 2.45) is 0 Å². The number of ether oxygens (including phenoxy) is 3. The molecule has 1 aromatic heterocycles. The summed E-state index contributed by atoms with van der Waals surface area (Å²) < 4.78 is 51.9. The van der Waals surface area contributed by atoms with E-state index < -0.39 is 6.97 Å². The van der Waals surface area contributed by atoms with Crippen LogP contribution in [0, 0.1) is 0 Å². The maximum atomic E-state index is 17.0. The second-order valence-electron chi connectivity index (χ2n) is 9.34. The van der Waals surface area contributed by atoms with E-state index in [1.807, 2.05) is 12.1 Å². The first kappa shape index (κ1) is 26.2. The molecule has 40 heavy (non-hydrogen) atoms. The average molecular weight is 579 g/mol. The molecular formula is C30H23BCl2F2N2O3. The summed E-state index contributed by atoms with van der Waals surface area (Å²) in [7, 11) is 4.67. The SMILES string of the molecule is COc1ccc(C2=C3C=C(Cl)C(c4ccc(OC)cc4)=[N+]3[B-](F)(F)n3c2cc(Cl)c3-c2ccc(OC)cc2)cc1. The normalized spacial score (nSPS) is 15.5. The molecule has 0 atom stereocenters. The van der Waals surface area contributed by atoms with E-state index in [1.165, 1.54) is 0 Å². The summed E-state index contributed by atoms with van der Waals surface area (Å²) in [6, 6.07) is 22.6. The lowest BCUT2D eigenvalue weighted by Crippen LogP contribution is -2.51. The van der Waals surface area contributed by atoms with Gasteiger partial charge < -0.3 is 31.8 Å². The van der Waals surface area contributed by atoms with Crippen LogP contribution in [0.3, 0.4) is 0 Å². The first-order valence-electron chi connectivity index (χ1n) is 12.4. The molecule has 0 amide bonds. The molecule has 0 fully saturated rings. The number of allylic oxidation sites excluding steroid dienone is 2. The van der Waals surface area contributed by atoms with Crippen molar-refractivity contribution in [3.63, 3.8) is 0 Å². The average Bonchev–Trinajstić information content (AvgIpc) is 3.51. The molecule has 0 N–H and O–H groups in total. The quantitative estimate of drug-likeness (QED) is 0.223. The third kappa shape index (κ3) is 4.02. The highest BCUT2D eigenvalue weighted by Gasteiger charge is 2.56. The van der Waals surface area contributed by atoms with Gasteiger partial charge >= 0.3 is 6.97 Å². The number of methoxy groups -OCH3 is 3. The lowest BCUT2D eigenvalue weighted by Gasteiger charge is -2.33. The second-order valence-corrected chi connectivity index (χ2v) is 10.2. The maximum absolute atomic E-state index is 17.0. The van der Waals surface area contributed by atoms with Crippen LogP contribution < -0.4 is 14.2 Å². The summed E-state index contributed by atoms with van der Waals surface area (Å²) in [5.41, 5.74) is 3.31. The molecule has 4 aromatic rings. The van der Waals surface area contributed by atoms with E-state index in [1.54, 1.807) is 94.1 Å². The monoisotopic (exact) mass is 578 g/mol. The molecule has 3 aromatic carbocycles. The fraction of sp³-hybridized carbons (Fsp3) is 0.100. The molecule has 0 unspecified atom stereocenters. The number of hydrogen-bond donors (Lipinski definition) is 0. The van der Waals surface area contributed by atoms with Crippen LogP contribution in [-0.4, -0.2) is 43.0 Å². The molecule has 5 nitrogen and oxygen atoms in total. The van der Waals surface area contributed by atoms with Gasteiger partial charge in [0.2, 0.25) is 0 Å². The van der Waals surface area contributed by atoms with E-state index >= 15 is 8.63 Å². The van der Waals surface area contributed by atoms with Crippen LogP contribution in [0.2, 0.25) is 5.02 Å². The number of hydrogen-bond acceptors (Lipinski definition) is 3. The number of nitrogens with zero attached hydrogens (tertiary/aromatic N) is 2. The highest BCUT2D eigenvalue weighted by atomic mass is 35.5. The summed E-state index contributed by atoms with van der Waals surface area (Å²) in [5, 5.41) is 0.408. The Bertz CT molecular complexity index is 1730. The van der Waals surface area contributed by atoms with Gasteiger partial charge in [-0.05, 0) is 77.9 Å². The van der Waals surface area contributed by atoms with E-state index in [0.29, 0.717) is 39.5 Å². The van der Waals surface area contributed by atoms with Crippen molar-refractivity contribution in [2.45, 2.75) is 0 Å². The molecular weight excluding hydrogens is 556 g/mol. The minimum Gasteiger partial charge on any atom is -0.497 e. The molecule has 0 aliphatic carbocycles. The summed E-state index contributed by atoms with van der Waals surface area (Å²) in [6.45, 7) is -4.45. The smallest absolute Gasteiger partial charge is 0.497 e. The Morgan fingerprint density at radius 2 is 1.18 bits per heavy atom. The van der Waals surface area contributed by atoms with E-state index in [0.717, 1.165) is 8.96 Å². The Kier molecular flexibility index (Phi) is 6.48. The van der Waals surface area contributed by atoms with Crippen LogP contribution in [-0.2, 0) is 0 Å². The maximum Gasteiger partial charge on any atom is 0.738 e. The fourth-order valence-corrected chi connectivity index (χ4v) is 5.98. The minimum atomic E-state index is -4.45. The molecule has 202 valence electrons. The molecule has 6 rings (SSSR count). The van der Waals surface area contributed by atoms with Gasteiger partial charge in [0.25, 0.3) is 0 Å². The highest BCUT2D eigenvalue weighted by molar-refractivity contribution is 6.61. The van der Waals surface area contributed by atoms with Crippen molar-refractivity contribution in [1.29, 1.82) is 0 Å². The van der Waals surface area contributed by atoms with Crippen LogP contribution in [0.1, 0.15) is 16.8 Å². The van der Waals surface area contributed by atoms with E-state index in [4.69, 9.17) is 37.4 Å². The van der Waals surface area contributed by atoms with Gasteiger partial charge in [-0.2, -0.15) is 0 Å². The van der Waals surface area contributed by atoms with Crippen LogP contribution >= 0.6 is 23.2 Å². The summed E-state index contributed by atoms with van der Waals surface area (Å²) in [4.78, 5) is 0. The molecule has 2 aliphatic rings. The van der Waals surface area contributed by atoms with E-state index in [2.05, 4.69) is 0 Å². The standard InChI is InChI=1S/C30H23BCl2F2N2O3/c1-38-21-10-4-18(5-11-21)28-26-16-24(32)29(19-6-12-22(39-2)13-7-19)36(26)31(34,35)37-27(28)17-25(33)30(37)20-8-14-23(40-3)15-9-20/h4-17H,1-3H3. The van der Waals surface area contributed by atoms with Crippen molar-refractivity contribution >= 4 is 41.5 Å². The Hall–Kier alpha value is -4.01. The van der Waals surface area contributed by atoms with Crippen molar-refractivity contribution in [3.8, 4) is 28.5 Å². The lowest BCUT2D eigenvalue weighted by atomic mass is 9.85. The zero-order valence-corrected chi connectivity index (χ0v) is 23.3. The minimum absolute atomic E-state index is 0.200. The van der Waals surface area contributed by atoms with Crippen molar-refractivity contribution in [1.82, 2.24) is 4.48 Å². The van der Waals surface area contributed by atoms with Gasteiger partial charge in [-0.3, -0.25) is 0 Å². The Morgan fingerprint density at radius 1 is 0.700 bits per heavy atom. The molecule has 3 heterocycles. The van der Waals surface area contributed by atoms with Crippen molar-refractivity contribution in [2.75, 3.05) is 21.3 Å². The number of aromatic nitrogens is 1. The third-order valence-electron chi connectivity index (χ3n) is 7.22. The number of fused-ring (bicyclic) bond motifs is 2. The summed E-state index contributed by atoms with van der Waals surface area (Å²) >= 11 is 13.5. The molecule has 10 heteroatoms. The number of rotatable bonds is 6. The van der Waals surface area contributed by atoms with Crippen molar-refractivity contribution in [3.05, 3.63) is 118 Å². The van der Waals surface area contributed by atoms with Crippen LogP contribution in [0.15, 0.2) is 95.7 Å². The molecule has 0 spiro atoms. The van der Waals surface area contributed by atoms with E-state index in [-0.39, 0.29) is 32.9 Å². The first-order chi connectivity index (χ1) is 19.3. The Morgan fingerprint density at radius 3 is 1.68 bits per heavy atom. The highest BCUT2D eigenvalue weighted by Crippen LogP contribution is 2.47. The van der Waals surface area contributed by atoms with Crippen LogP contribution in [0.5, 0.6) is 17.2 Å². The number of halogens is 4. The van der Waals surface area contributed by atoms with Gasteiger partial charge in [-0.25, -0.2) is 0 Å². The lowest BCUT2D eigenvalue weighted by molar-refractivity contribution is -0.360. The molecule has 0 bridgehead atoms. The second kappa shape index (κ2) is 9.88. The Labute approximate surface area is 240 Å². The van der Waals surface area contributed by atoms with E-state index in [9.17, 15) is 0 Å². The van der Waals surface area contributed by atoms with Gasteiger partial charge in [0.05, 0.1) is 31.9 Å². The summed E-state index contributed by atoms with van der Waals surface area (Å²) in [5.74, 6) is 1.86. The third-order valence-corrected chi connectivity index (χ3v) is 7.80. The fourth-order valence-electron chi connectivity index (χ4n) is 5.37. The van der Waals surface area contributed by atoms with Gasteiger partial charge in [-0.1, -0.05) is 35.3 Å².